The van der Waals surface area contributed by atoms with E-state index in [-0.39, 0.29) is 18.1 Å². The smallest absolute Gasteiger partial charge is 0.259 e. The van der Waals surface area contributed by atoms with Crippen molar-refractivity contribution in [3.8, 4) is 11.3 Å². The first-order valence-electron chi connectivity index (χ1n) is 12.7. The van der Waals surface area contributed by atoms with Crippen molar-refractivity contribution in [3.63, 3.8) is 0 Å². The lowest BCUT2D eigenvalue weighted by atomic mass is 10.0. The van der Waals surface area contributed by atoms with Crippen LogP contribution in [0, 0.1) is 6.92 Å². The molecule has 0 atom stereocenters. The molecule has 0 bridgehead atoms. The van der Waals surface area contributed by atoms with Crippen LogP contribution in [0.1, 0.15) is 31.9 Å². The highest BCUT2D eigenvalue weighted by molar-refractivity contribution is 6.00. The fourth-order valence-corrected chi connectivity index (χ4v) is 4.62. The van der Waals surface area contributed by atoms with Crippen molar-refractivity contribution in [1.29, 1.82) is 0 Å². The van der Waals surface area contributed by atoms with E-state index < -0.39 is 0 Å². The minimum absolute atomic E-state index is 0.0167. The van der Waals surface area contributed by atoms with E-state index in [1.807, 2.05) is 69.3 Å². The van der Waals surface area contributed by atoms with Gasteiger partial charge in [0.2, 0.25) is 5.91 Å². The van der Waals surface area contributed by atoms with E-state index in [1.54, 1.807) is 6.20 Å². The molecule has 4 N–H and O–H groups in total. The molecular weight excluding hydrogens is 466 g/mol. The van der Waals surface area contributed by atoms with E-state index in [0.29, 0.717) is 29.9 Å². The number of aryl methyl sites for hydroxylation is 1. The number of aliphatic hydroxyl groups is 1. The molecule has 37 heavy (non-hydrogen) atoms. The summed E-state index contributed by atoms with van der Waals surface area (Å²) in [5.74, 6) is 0.440. The number of fused-ring (bicyclic) bond motifs is 2. The Hall–Kier alpha value is -4.17. The number of hydrogen-bond acceptors (Lipinski definition) is 6. The van der Waals surface area contributed by atoms with E-state index in [0.717, 1.165) is 45.7 Å². The zero-order chi connectivity index (χ0) is 26.5. The van der Waals surface area contributed by atoms with Gasteiger partial charge in [0.05, 0.1) is 24.1 Å². The van der Waals surface area contributed by atoms with Crippen molar-refractivity contribution in [2.45, 2.75) is 34.1 Å². The van der Waals surface area contributed by atoms with Gasteiger partial charge >= 0.3 is 0 Å². The number of amides is 1. The molecule has 0 radical (unpaired) electrons. The molecule has 1 aliphatic heterocycles. The molecule has 192 valence electrons. The Morgan fingerprint density at radius 3 is 2.62 bits per heavy atom. The normalized spacial score (nSPS) is 12.0. The summed E-state index contributed by atoms with van der Waals surface area (Å²) in [6.45, 7) is 9.52. The number of likely N-dealkylation sites (N-methyl/N-ethyl adjacent to an activating group) is 1. The molecule has 8 heteroatoms. The van der Waals surface area contributed by atoms with Crippen LogP contribution in [0.25, 0.3) is 22.0 Å². The van der Waals surface area contributed by atoms with Gasteiger partial charge in [0.25, 0.3) is 5.56 Å². The van der Waals surface area contributed by atoms with E-state index in [1.165, 1.54) is 0 Å². The third kappa shape index (κ3) is 5.34. The minimum Gasteiger partial charge on any atom is -0.395 e. The zero-order valence-electron chi connectivity index (χ0n) is 21.7. The van der Waals surface area contributed by atoms with Crippen molar-refractivity contribution in [2.75, 3.05) is 35.2 Å². The Morgan fingerprint density at radius 1 is 1.08 bits per heavy atom. The van der Waals surface area contributed by atoms with Crippen molar-refractivity contribution >= 4 is 39.6 Å². The van der Waals surface area contributed by atoms with Gasteiger partial charge in [0.15, 0.2) is 0 Å². The summed E-state index contributed by atoms with van der Waals surface area (Å²) < 4.78 is 0. The van der Waals surface area contributed by atoms with Gasteiger partial charge in [-0.3, -0.25) is 9.59 Å². The molecule has 3 heterocycles. The standard InChI is InChI=1S/C27H27N5O3.C2H6/c1-3-32(10-11-33)23-7-6-20(12-16(23)2)29-26-25-19(8-9-28-27(25)35)14-22(31-26)17-4-5-18-15-24(34)30-21(18)13-17;1-2/h4-9,12-14,33H,3,10-11,15H2,1-2H3,(H,28,35)(H,29,31)(H,30,34);1-2H3. The third-order valence-corrected chi connectivity index (χ3v) is 6.34. The first-order valence-corrected chi connectivity index (χ1v) is 12.7. The predicted molar refractivity (Wildman–Crippen MR) is 151 cm³/mol. The van der Waals surface area contributed by atoms with Gasteiger partial charge in [-0.15, -0.1) is 0 Å². The maximum atomic E-state index is 12.7. The van der Waals surface area contributed by atoms with Crippen LogP contribution >= 0.6 is 0 Å². The second-order valence-electron chi connectivity index (χ2n) is 8.65. The second-order valence-corrected chi connectivity index (χ2v) is 8.65. The quantitative estimate of drug-likeness (QED) is 0.285. The first-order chi connectivity index (χ1) is 18.0. The lowest BCUT2D eigenvalue weighted by Gasteiger charge is -2.24. The lowest BCUT2D eigenvalue weighted by molar-refractivity contribution is -0.115. The zero-order valence-corrected chi connectivity index (χ0v) is 21.7. The molecule has 4 aromatic rings. The molecule has 2 aromatic heterocycles. The van der Waals surface area contributed by atoms with E-state index in [9.17, 15) is 14.7 Å². The molecule has 2 aromatic carbocycles. The SMILES string of the molecule is CC.CCN(CCO)c1ccc(Nc2nc(-c3ccc4c(c3)NC(=O)C4)cc3cc[nH]c(=O)c23)cc1C. The van der Waals surface area contributed by atoms with Gasteiger partial charge in [-0.2, -0.15) is 0 Å². The van der Waals surface area contributed by atoms with Crippen molar-refractivity contribution < 1.29 is 9.90 Å². The maximum Gasteiger partial charge on any atom is 0.259 e. The van der Waals surface area contributed by atoms with Crippen LogP contribution in [0.15, 0.2) is 59.5 Å². The van der Waals surface area contributed by atoms with Crippen LogP contribution in [-0.2, 0) is 11.2 Å². The maximum absolute atomic E-state index is 12.7. The van der Waals surface area contributed by atoms with Gasteiger partial charge in [-0.05, 0) is 66.8 Å². The summed E-state index contributed by atoms with van der Waals surface area (Å²) in [4.78, 5) is 34.2. The van der Waals surface area contributed by atoms with Crippen LogP contribution in [0.2, 0.25) is 0 Å². The minimum atomic E-state index is -0.223. The molecule has 0 fully saturated rings. The Bertz CT molecular complexity index is 1500. The Labute approximate surface area is 216 Å². The van der Waals surface area contributed by atoms with Crippen LogP contribution in [0.4, 0.5) is 22.9 Å². The average molecular weight is 500 g/mol. The van der Waals surface area contributed by atoms with Crippen LogP contribution < -0.4 is 21.1 Å². The Morgan fingerprint density at radius 2 is 1.89 bits per heavy atom. The van der Waals surface area contributed by atoms with E-state index in [4.69, 9.17) is 4.98 Å². The molecule has 0 aliphatic carbocycles. The molecule has 0 spiro atoms. The molecule has 5 rings (SSSR count). The highest BCUT2D eigenvalue weighted by Gasteiger charge is 2.19. The summed E-state index contributed by atoms with van der Waals surface area (Å²) in [5.41, 5.74) is 6.00. The topological polar surface area (TPSA) is 110 Å². The van der Waals surface area contributed by atoms with Gasteiger partial charge in [-0.1, -0.05) is 26.0 Å². The third-order valence-electron chi connectivity index (χ3n) is 6.34. The van der Waals surface area contributed by atoms with E-state index >= 15 is 0 Å². The molecule has 8 nitrogen and oxygen atoms in total. The van der Waals surface area contributed by atoms with Gasteiger partial charge in [0, 0.05) is 41.9 Å². The number of carbonyl (C=O) groups excluding carboxylic acids is 1. The lowest BCUT2D eigenvalue weighted by Crippen LogP contribution is -2.26. The molecule has 0 saturated heterocycles. The number of nitrogens with zero attached hydrogens (tertiary/aromatic N) is 2. The first kappa shape index (κ1) is 25.9. The number of aliphatic hydroxyl groups excluding tert-OH is 1. The Balaban J connectivity index is 0.00000156. The number of aromatic amines is 1. The summed E-state index contributed by atoms with van der Waals surface area (Å²) in [6.07, 6.45) is 2.01. The molecule has 1 amide bonds. The summed E-state index contributed by atoms with van der Waals surface area (Å²) in [5, 5.41) is 16.8. The van der Waals surface area contributed by atoms with Crippen molar-refractivity contribution in [1.82, 2.24) is 9.97 Å². The second kappa shape index (κ2) is 11.3. The van der Waals surface area contributed by atoms with Crippen LogP contribution in [0.5, 0.6) is 0 Å². The molecular formula is C29H33N5O3. The van der Waals surface area contributed by atoms with Crippen LogP contribution in [-0.4, -0.2) is 40.7 Å². The molecule has 0 unspecified atom stereocenters. The fourth-order valence-electron chi connectivity index (χ4n) is 4.62. The number of nitrogens with one attached hydrogen (secondary N) is 3. The number of benzene rings is 2. The highest BCUT2D eigenvalue weighted by Crippen LogP contribution is 2.33. The summed E-state index contributed by atoms with van der Waals surface area (Å²) >= 11 is 0. The largest absolute Gasteiger partial charge is 0.395 e. The Kier molecular flexibility index (Phi) is 7.89. The number of rotatable bonds is 7. The predicted octanol–water partition coefficient (Wildman–Crippen LogP) is 4.98. The highest BCUT2D eigenvalue weighted by atomic mass is 16.3. The van der Waals surface area contributed by atoms with Gasteiger partial charge < -0.3 is 25.6 Å². The molecule has 1 aliphatic rings. The van der Waals surface area contributed by atoms with Gasteiger partial charge in [-0.25, -0.2) is 4.98 Å². The number of carbonyl (C=O) groups is 1. The monoisotopic (exact) mass is 499 g/mol. The molecule has 0 saturated carbocycles. The average Bonchev–Trinajstić information content (AvgIpc) is 3.28. The summed E-state index contributed by atoms with van der Waals surface area (Å²) in [6, 6.07) is 15.5. The number of H-pyrrole nitrogens is 1. The summed E-state index contributed by atoms with van der Waals surface area (Å²) in [7, 11) is 0. The van der Waals surface area contributed by atoms with Crippen molar-refractivity contribution in [3.05, 3.63) is 76.2 Å². The number of aromatic nitrogens is 2. The van der Waals surface area contributed by atoms with Crippen LogP contribution in [0.3, 0.4) is 0 Å². The number of pyridine rings is 2. The number of hydrogen-bond donors (Lipinski definition) is 4. The number of anilines is 4. The van der Waals surface area contributed by atoms with Crippen molar-refractivity contribution in [2.24, 2.45) is 0 Å². The van der Waals surface area contributed by atoms with E-state index in [2.05, 4.69) is 27.4 Å². The van der Waals surface area contributed by atoms with Gasteiger partial charge in [0.1, 0.15) is 5.82 Å². The fraction of sp³-hybridized carbons (Fsp3) is 0.276.